The van der Waals surface area contributed by atoms with E-state index in [0.29, 0.717) is 29.1 Å². The lowest BCUT2D eigenvalue weighted by atomic mass is 10.1. The summed E-state index contributed by atoms with van der Waals surface area (Å²) >= 11 is 7.95. The van der Waals surface area contributed by atoms with Crippen LogP contribution in [0.25, 0.3) is 0 Å². The number of rotatable bonds is 5. The van der Waals surface area contributed by atoms with Crippen molar-refractivity contribution in [2.24, 2.45) is 0 Å². The highest BCUT2D eigenvalue weighted by Crippen LogP contribution is 2.46. The second kappa shape index (κ2) is 7.22. The maximum absolute atomic E-state index is 12.1. The third kappa shape index (κ3) is 4.41. The molecule has 1 aliphatic carbocycles. The third-order valence-electron chi connectivity index (χ3n) is 3.50. The quantitative estimate of drug-likeness (QED) is 0.819. The number of nitrogens with one attached hydrogen (secondary N) is 1. The predicted octanol–water partition coefficient (Wildman–Crippen LogP) is 2.70. The van der Waals surface area contributed by atoms with Crippen LogP contribution in [0.5, 0.6) is 0 Å². The summed E-state index contributed by atoms with van der Waals surface area (Å²) in [6.07, 6.45) is 4.81. The van der Waals surface area contributed by atoms with Crippen LogP contribution in [0.2, 0.25) is 5.02 Å². The fourth-order valence-electron chi connectivity index (χ4n) is 1.91. The largest absolute Gasteiger partial charge is 0.395 e. The molecule has 1 fully saturated rings. The second-order valence-electron chi connectivity index (χ2n) is 5.04. The Morgan fingerprint density at radius 3 is 2.86 bits per heavy atom. The number of thioether (sulfide) groups is 1. The monoisotopic (exact) mass is 323 g/mol. The number of halogens is 1. The molecule has 0 aliphatic heterocycles. The molecule has 0 heterocycles. The molecule has 0 saturated heterocycles. The van der Waals surface area contributed by atoms with Crippen molar-refractivity contribution in [1.82, 2.24) is 5.32 Å². The Morgan fingerprint density at radius 1 is 1.52 bits per heavy atom. The summed E-state index contributed by atoms with van der Waals surface area (Å²) in [4.78, 5) is 12.1. The van der Waals surface area contributed by atoms with Gasteiger partial charge in [-0.3, -0.25) is 4.79 Å². The number of amides is 1. The molecule has 3 nitrogen and oxygen atoms in total. The van der Waals surface area contributed by atoms with Gasteiger partial charge in [0.25, 0.3) is 5.91 Å². The number of carbonyl (C=O) groups is 1. The van der Waals surface area contributed by atoms with Crippen molar-refractivity contribution in [2.45, 2.75) is 24.0 Å². The summed E-state index contributed by atoms with van der Waals surface area (Å²) in [5.41, 5.74) is 1.22. The normalized spacial score (nSPS) is 15.0. The average Bonchev–Trinajstić information content (AvgIpc) is 3.27. The van der Waals surface area contributed by atoms with E-state index in [0.717, 1.165) is 12.8 Å². The van der Waals surface area contributed by atoms with Crippen molar-refractivity contribution in [1.29, 1.82) is 0 Å². The zero-order chi connectivity index (χ0) is 15.3. The zero-order valence-corrected chi connectivity index (χ0v) is 13.5. The molecule has 0 bridgehead atoms. The minimum atomic E-state index is -0.105. The van der Waals surface area contributed by atoms with E-state index < -0.39 is 0 Å². The van der Waals surface area contributed by atoms with Gasteiger partial charge in [0, 0.05) is 28.8 Å². The van der Waals surface area contributed by atoms with Gasteiger partial charge < -0.3 is 10.4 Å². The Morgan fingerprint density at radius 2 is 2.29 bits per heavy atom. The minimum absolute atomic E-state index is 0.0301. The molecule has 1 aliphatic rings. The lowest BCUT2D eigenvalue weighted by Crippen LogP contribution is -2.31. The molecule has 1 aromatic rings. The molecule has 2 N–H and O–H groups in total. The van der Waals surface area contributed by atoms with Crippen LogP contribution in [0.1, 0.15) is 35.2 Å². The molecule has 112 valence electrons. The molecule has 0 atom stereocenters. The highest BCUT2D eigenvalue weighted by molar-refractivity contribution is 8.00. The summed E-state index contributed by atoms with van der Waals surface area (Å²) in [5, 5.41) is 12.1. The maximum Gasteiger partial charge on any atom is 0.251 e. The van der Waals surface area contributed by atoms with Gasteiger partial charge in [-0.05, 0) is 37.3 Å². The van der Waals surface area contributed by atoms with Gasteiger partial charge in [-0.2, -0.15) is 11.8 Å². The lowest BCUT2D eigenvalue weighted by Gasteiger charge is -2.13. The highest BCUT2D eigenvalue weighted by atomic mass is 35.5. The van der Waals surface area contributed by atoms with Gasteiger partial charge in [0.15, 0.2) is 0 Å². The van der Waals surface area contributed by atoms with E-state index in [1.54, 1.807) is 18.2 Å². The van der Waals surface area contributed by atoms with E-state index in [-0.39, 0.29) is 17.3 Å². The highest BCUT2D eigenvalue weighted by Gasteiger charge is 2.41. The molecule has 0 aromatic heterocycles. The molecule has 2 rings (SSSR count). The Bertz CT molecular complexity index is 588. The van der Waals surface area contributed by atoms with Crippen molar-refractivity contribution in [2.75, 3.05) is 19.4 Å². The van der Waals surface area contributed by atoms with Crippen molar-refractivity contribution in [3.63, 3.8) is 0 Å². The molecule has 1 amide bonds. The smallest absolute Gasteiger partial charge is 0.251 e. The average molecular weight is 324 g/mol. The van der Waals surface area contributed by atoms with E-state index in [4.69, 9.17) is 16.7 Å². The summed E-state index contributed by atoms with van der Waals surface area (Å²) in [7, 11) is 0. The van der Waals surface area contributed by atoms with Crippen molar-refractivity contribution in [3.05, 3.63) is 34.3 Å². The van der Waals surface area contributed by atoms with Crippen molar-refractivity contribution in [3.8, 4) is 11.8 Å². The summed E-state index contributed by atoms with van der Waals surface area (Å²) < 4.78 is 0.245. The Kier molecular flexibility index (Phi) is 5.58. The van der Waals surface area contributed by atoms with Crippen molar-refractivity contribution >= 4 is 29.3 Å². The molecular formula is C16H18ClNO2S. The molecule has 1 saturated carbocycles. The Balaban J connectivity index is 1.99. The zero-order valence-electron chi connectivity index (χ0n) is 11.9. The first kappa shape index (κ1) is 16.2. The summed E-state index contributed by atoms with van der Waals surface area (Å²) in [6, 6.07) is 5.10. The SMILES string of the molecule is CSC1(CNC(=O)c2ccc(C#CCCO)c(Cl)c2)CC1. The first-order chi connectivity index (χ1) is 10.1. The molecule has 1 aromatic carbocycles. The van der Waals surface area contributed by atoms with Gasteiger partial charge in [-0.1, -0.05) is 23.4 Å². The molecule has 0 spiro atoms. The van der Waals surface area contributed by atoms with Crippen LogP contribution in [0.4, 0.5) is 0 Å². The van der Waals surface area contributed by atoms with Gasteiger partial charge in [0.1, 0.15) is 0 Å². The van der Waals surface area contributed by atoms with E-state index in [9.17, 15) is 4.79 Å². The number of hydrogen-bond acceptors (Lipinski definition) is 3. The van der Waals surface area contributed by atoms with Crippen LogP contribution >= 0.6 is 23.4 Å². The van der Waals surface area contributed by atoms with Gasteiger partial charge in [-0.25, -0.2) is 0 Å². The first-order valence-electron chi connectivity index (χ1n) is 6.83. The van der Waals surface area contributed by atoms with Gasteiger partial charge in [0.05, 0.1) is 11.6 Å². The standard InChI is InChI=1S/C16H18ClNO2S/c1-21-16(7-8-16)11-18-15(20)13-6-5-12(14(17)10-13)4-2-3-9-19/h5-6,10,19H,3,7-9,11H2,1H3,(H,18,20). The minimum Gasteiger partial charge on any atom is -0.395 e. The molecule has 0 unspecified atom stereocenters. The molecular weight excluding hydrogens is 306 g/mol. The fourth-order valence-corrected chi connectivity index (χ4v) is 2.86. The maximum atomic E-state index is 12.1. The number of benzene rings is 1. The number of aliphatic hydroxyl groups is 1. The van der Waals surface area contributed by atoms with Crippen LogP contribution in [0, 0.1) is 11.8 Å². The van der Waals surface area contributed by atoms with Crippen LogP contribution in [0.3, 0.4) is 0 Å². The van der Waals surface area contributed by atoms with Crippen LogP contribution in [-0.2, 0) is 0 Å². The van der Waals surface area contributed by atoms with Gasteiger partial charge in [-0.15, -0.1) is 0 Å². The van der Waals surface area contributed by atoms with Gasteiger partial charge >= 0.3 is 0 Å². The Hall–Kier alpha value is -1.15. The predicted molar refractivity (Wildman–Crippen MR) is 87.8 cm³/mol. The van der Waals surface area contributed by atoms with E-state index in [1.807, 2.05) is 11.8 Å². The van der Waals surface area contributed by atoms with E-state index >= 15 is 0 Å². The third-order valence-corrected chi connectivity index (χ3v) is 5.23. The second-order valence-corrected chi connectivity index (χ2v) is 6.72. The molecule has 21 heavy (non-hydrogen) atoms. The van der Waals surface area contributed by atoms with Crippen LogP contribution in [0.15, 0.2) is 18.2 Å². The number of hydrogen-bond donors (Lipinski definition) is 2. The number of carbonyl (C=O) groups excluding carboxylic acids is 1. The molecule has 0 radical (unpaired) electrons. The summed E-state index contributed by atoms with van der Waals surface area (Å²) in [6.45, 7) is 0.727. The van der Waals surface area contributed by atoms with Gasteiger partial charge in [0.2, 0.25) is 0 Å². The van der Waals surface area contributed by atoms with E-state index in [1.165, 1.54) is 0 Å². The Labute approximate surface area is 134 Å². The first-order valence-corrected chi connectivity index (χ1v) is 8.43. The van der Waals surface area contributed by atoms with Crippen molar-refractivity contribution < 1.29 is 9.90 Å². The van der Waals surface area contributed by atoms with E-state index in [2.05, 4.69) is 23.4 Å². The topological polar surface area (TPSA) is 49.3 Å². The number of aliphatic hydroxyl groups excluding tert-OH is 1. The fraction of sp³-hybridized carbons (Fsp3) is 0.438. The lowest BCUT2D eigenvalue weighted by molar-refractivity contribution is 0.0953. The van der Waals surface area contributed by atoms with Crippen LogP contribution in [-0.4, -0.2) is 35.2 Å². The molecule has 5 heteroatoms. The summed E-state index contributed by atoms with van der Waals surface area (Å²) in [5.74, 6) is 5.59. The van der Waals surface area contributed by atoms with Crippen LogP contribution < -0.4 is 5.32 Å².